The van der Waals surface area contributed by atoms with Crippen molar-refractivity contribution in [3.05, 3.63) is 34.9 Å². The summed E-state index contributed by atoms with van der Waals surface area (Å²) in [6, 6.07) is 1.72. The molecule has 1 saturated heterocycles. The largest absolute Gasteiger partial charge is 0.466 e. The van der Waals surface area contributed by atoms with Crippen molar-refractivity contribution in [2.75, 3.05) is 26.7 Å². The summed E-state index contributed by atoms with van der Waals surface area (Å²) < 4.78 is 10.7. The molecule has 0 saturated carbocycles. The lowest BCUT2D eigenvalue weighted by atomic mass is 10.1. The molecule has 7 heteroatoms. The van der Waals surface area contributed by atoms with E-state index in [1.165, 1.54) is 0 Å². The number of amides is 1. The Labute approximate surface area is 128 Å². The van der Waals surface area contributed by atoms with Gasteiger partial charge >= 0.3 is 0 Å². The molecule has 1 aliphatic heterocycles. The van der Waals surface area contributed by atoms with Gasteiger partial charge in [-0.2, -0.15) is 4.98 Å². The van der Waals surface area contributed by atoms with E-state index in [0.29, 0.717) is 36.1 Å². The Bertz CT molecular complexity index is 691. The number of aryl methyl sites for hydroxylation is 3. The van der Waals surface area contributed by atoms with Crippen molar-refractivity contribution in [1.82, 2.24) is 19.9 Å². The summed E-state index contributed by atoms with van der Waals surface area (Å²) in [5.74, 6) is 2.56. The van der Waals surface area contributed by atoms with Crippen LogP contribution in [-0.4, -0.2) is 52.5 Å². The molecule has 3 rings (SSSR count). The Morgan fingerprint density at radius 3 is 2.68 bits per heavy atom. The fourth-order valence-electron chi connectivity index (χ4n) is 2.79. The SMILES string of the molecule is Cc1noc([C@@H]2CN(C(=O)c3cc(C)oc3C)CCN2C)n1. The molecule has 7 nitrogen and oxygen atoms in total. The van der Waals surface area contributed by atoms with Crippen molar-refractivity contribution in [1.29, 1.82) is 0 Å². The summed E-state index contributed by atoms with van der Waals surface area (Å²) in [5, 5.41) is 3.84. The second kappa shape index (κ2) is 5.57. The Balaban J connectivity index is 1.81. The summed E-state index contributed by atoms with van der Waals surface area (Å²) in [7, 11) is 2.00. The third-order valence-electron chi connectivity index (χ3n) is 4.03. The maximum Gasteiger partial charge on any atom is 0.257 e. The number of rotatable bonds is 2. The van der Waals surface area contributed by atoms with Gasteiger partial charge in [-0.1, -0.05) is 5.16 Å². The highest BCUT2D eigenvalue weighted by molar-refractivity contribution is 5.95. The first kappa shape index (κ1) is 14.8. The minimum atomic E-state index is -0.0767. The number of aromatic nitrogens is 2. The fraction of sp³-hybridized carbons (Fsp3) is 0.533. The monoisotopic (exact) mass is 304 g/mol. The molecule has 1 fully saturated rings. The zero-order chi connectivity index (χ0) is 15.9. The topological polar surface area (TPSA) is 75.6 Å². The van der Waals surface area contributed by atoms with E-state index in [2.05, 4.69) is 15.0 Å². The smallest absolute Gasteiger partial charge is 0.257 e. The van der Waals surface area contributed by atoms with Crippen LogP contribution in [0.15, 0.2) is 15.0 Å². The Hall–Kier alpha value is -2.15. The van der Waals surface area contributed by atoms with Crippen molar-refractivity contribution in [3.63, 3.8) is 0 Å². The molecular weight excluding hydrogens is 284 g/mol. The minimum absolute atomic E-state index is 0.0105. The average Bonchev–Trinajstić information content (AvgIpc) is 3.04. The molecule has 0 bridgehead atoms. The Morgan fingerprint density at radius 2 is 2.09 bits per heavy atom. The van der Waals surface area contributed by atoms with Crippen LogP contribution in [0.3, 0.4) is 0 Å². The van der Waals surface area contributed by atoms with Gasteiger partial charge in [0.15, 0.2) is 5.82 Å². The molecular formula is C15H20N4O3. The molecule has 0 unspecified atom stereocenters. The van der Waals surface area contributed by atoms with E-state index in [9.17, 15) is 4.79 Å². The number of nitrogens with zero attached hydrogens (tertiary/aromatic N) is 4. The maximum atomic E-state index is 12.7. The molecule has 3 heterocycles. The van der Waals surface area contributed by atoms with Crippen molar-refractivity contribution in [3.8, 4) is 0 Å². The predicted octanol–water partition coefficient (Wildman–Crippen LogP) is 1.72. The highest BCUT2D eigenvalue weighted by Gasteiger charge is 2.33. The van der Waals surface area contributed by atoms with Crippen molar-refractivity contribution in [2.24, 2.45) is 0 Å². The van der Waals surface area contributed by atoms with Gasteiger partial charge < -0.3 is 13.8 Å². The van der Waals surface area contributed by atoms with Crippen LogP contribution in [0.25, 0.3) is 0 Å². The van der Waals surface area contributed by atoms with Crippen LogP contribution in [0.1, 0.15) is 39.6 Å². The predicted molar refractivity (Wildman–Crippen MR) is 78.5 cm³/mol. The molecule has 1 amide bonds. The third kappa shape index (κ3) is 2.64. The van der Waals surface area contributed by atoms with Gasteiger partial charge in [-0.25, -0.2) is 0 Å². The quantitative estimate of drug-likeness (QED) is 0.841. The molecule has 1 atom stereocenters. The van der Waals surface area contributed by atoms with E-state index in [0.717, 1.165) is 12.3 Å². The first-order chi connectivity index (χ1) is 10.5. The van der Waals surface area contributed by atoms with E-state index in [4.69, 9.17) is 8.94 Å². The number of carbonyl (C=O) groups is 1. The van der Waals surface area contributed by atoms with Gasteiger partial charge in [-0.3, -0.25) is 9.69 Å². The number of hydrogen-bond acceptors (Lipinski definition) is 6. The van der Waals surface area contributed by atoms with Crippen LogP contribution in [0.4, 0.5) is 0 Å². The first-order valence-corrected chi connectivity index (χ1v) is 7.32. The molecule has 2 aromatic heterocycles. The lowest BCUT2D eigenvalue weighted by molar-refractivity contribution is 0.0487. The van der Waals surface area contributed by atoms with Gasteiger partial charge in [0.05, 0.1) is 5.56 Å². The van der Waals surface area contributed by atoms with E-state index >= 15 is 0 Å². The summed E-state index contributed by atoms with van der Waals surface area (Å²) in [5.41, 5.74) is 0.627. The van der Waals surface area contributed by atoms with Gasteiger partial charge in [0.2, 0.25) is 5.89 Å². The fourth-order valence-corrected chi connectivity index (χ4v) is 2.79. The molecule has 2 aromatic rings. The molecule has 1 aliphatic rings. The van der Waals surface area contributed by atoms with Crippen LogP contribution in [0.5, 0.6) is 0 Å². The molecule has 0 radical (unpaired) electrons. The third-order valence-corrected chi connectivity index (χ3v) is 4.03. The molecule has 0 aromatic carbocycles. The van der Waals surface area contributed by atoms with E-state index in [-0.39, 0.29) is 11.9 Å². The van der Waals surface area contributed by atoms with Gasteiger partial charge in [0, 0.05) is 19.6 Å². The normalized spacial score (nSPS) is 19.6. The maximum absolute atomic E-state index is 12.7. The molecule has 118 valence electrons. The highest BCUT2D eigenvalue weighted by Crippen LogP contribution is 2.25. The number of piperazine rings is 1. The highest BCUT2D eigenvalue weighted by atomic mass is 16.5. The Kier molecular flexibility index (Phi) is 3.74. The summed E-state index contributed by atoms with van der Waals surface area (Å²) in [6.07, 6.45) is 0. The second-order valence-electron chi connectivity index (χ2n) is 5.75. The van der Waals surface area contributed by atoms with Crippen LogP contribution < -0.4 is 0 Å². The zero-order valence-corrected chi connectivity index (χ0v) is 13.3. The van der Waals surface area contributed by atoms with Crippen LogP contribution in [0.2, 0.25) is 0 Å². The van der Waals surface area contributed by atoms with Crippen molar-refractivity contribution in [2.45, 2.75) is 26.8 Å². The Morgan fingerprint density at radius 1 is 1.32 bits per heavy atom. The molecule has 0 aliphatic carbocycles. The number of carbonyl (C=O) groups excluding carboxylic acids is 1. The summed E-state index contributed by atoms with van der Waals surface area (Å²) >= 11 is 0. The summed E-state index contributed by atoms with van der Waals surface area (Å²) in [4.78, 5) is 21.0. The van der Waals surface area contributed by atoms with Gasteiger partial charge in [-0.05, 0) is 33.9 Å². The van der Waals surface area contributed by atoms with E-state index < -0.39 is 0 Å². The number of hydrogen-bond donors (Lipinski definition) is 0. The molecule has 0 spiro atoms. The van der Waals surface area contributed by atoms with Gasteiger partial charge in [-0.15, -0.1) is 0 Å². The van der Waals surface area contributed by atoms with Gasteiger partial charge in [0.25, 0.3) is 5.91 Å². The standard InChI is InChI=1S/C15H20N4O3/c1-9-7-12(10(2)21-9)15(20)19-6-5-18(4)13(8-19)14-16-11(3)17-22-14/h7,13H,5-6,8H2,1-4H3/t13-/m0/s1. The first-order valence-electron chi connectivity index (χ1n) is 7.32. The van der Waals surface area contributed by atoms with Crippen LogP contribution in [0, 0.1) is 20.8 Å². The van der Waals surface area contributed by atoms with Gasteiger partial charge in [0.1, 0.15) is 17.6 Å². The minimum Gasteiger partial charge on any atom is -0.466 e. The summed E-state index contributed by atoms with van der Waals surface area (Å²) in [6.45, 7) is 7.40. The number of furan rings is 1. The van der Waals surface area contributed by atoms with Crippen LogP contribution in [-0.2, 0) is 0 Å². The zero-order valence-electron chi connectivity index (χ0n) is 13.3. The lowest BCUT2D eigenvalue weighted by Gasteiger charge is -2.37. The van der Waals surface area contributed by atoms with Crippen molar-refractivity contribution < 1.29 is 13.7 Å². The second-order valence-corrected chi connectivity index (χ2v) is 5.75. The number of likely N-dealkylation sites (N-methyl/N-ethyl adjacent to an activating group) is 1. The van der Waals surface area contributed by atoms with Crippen molar-refractivity contribution >= 4 is 5.91 Å². The lowest BCUT2D eigenvalue weighted by Crippen LogP contribution is -2.49. The van der Waals surface area contributed by atoms with E-state index in [1.807, 2.05) is 25.8 Å². The van der Waals surface area contributed by atoms with Crippen LogP contribution >= 0.6 is 0 Å². The molecule has 22 heavy (non-hydrogen) atoms. The average molecular weight is 304 g/mol. The molecule has 0 N–H and O–H groups in total. The van der Waals surface area contributed by atoms with E-state index in [1.54, 1.807) is 13.0 Å².